The van der Waals surface area contributed by atoms with Gasteiger partial charge in [0.05, 0.1) is 34.4 Å². The minimum atomic E-state index is -4.11. The van der Waals surface area contributed by atoms with Gasteiger partial charge >= 0.3 is 5.97 Å². The van der Waals surface area contributed by atoms with Crippen molar-refractivity contribution in [3.05, 3.63) is 58.4 Å². The van der Waals surface area contributed by atoms with Gasteiger partial charge in [-0.3, -0.25) is 14.4 Å². The van der Waals surface area contributed by atoms with Crippen LogP contribution in [0.25, 0.3) is 0 Å². The fourth-order valence-corrected chi connectivity index (χ4v) is 9.44. The molecule has 2 aromatic carbocycles. The lowest BCUT2D eigenvalue weighted by atomic mass is 9.72. The second-order valence-corrected chi connectivity index (χ2v) is 12.4. The number of ether oxygens (including phenoxy) is 1. The van der Waals surface area contributed by atoms with Crippen molar-refractivity contribution in [2.45, 2.75) is 34.9 Å². The first-order valence-electron chi connectivity index (χ1n) is 11.9. The molecule has 2 aromatic rings. The first-order chi connectivity index (χ1) is 17.9. The number of nitrogens with zero attached hydrogens (tertiary/aromatic N) is 1. The Morgan fingerprint density at radius 1 is 1.16 bits per heavy atom. The van der Waals surface area contributed by atoms with Crippen molar-refractivity contribution in [1.29, 1.82) is 0 Å². The highest BCUT2D eigenvalue weighted by Crippen LogP contribution is 2.61. The summed E-state index contributed by atoms with van der Waals surface area (Å²) in [5.41, 5.74) is -1.34. The van der Waals surface area contributed by atoms with Gasteiger partial charge in [0.1, 0.15) is 5.92 Å². The van der Waals surface area contributed by atoms with Gasteiger partial charge in [0.15, 0.2) is 27.3 Å². The molecule has 1 aliphatic heterocycles. The fourth-order valence-electron chi connectivity index (χ4n) is 6.53. The quantitative estimate of drug-likeness (QED) is 0.427. The molecule has 5 atom stereocenters. The highest BCUT2D eigenvalue weighted by Gasteiger charge is 2.69. The summed E-state index contributed by atoms with van der Waals surface area (Å²) < 4.78 is 73.5. The van der Waals surface area contributed by atoms with Crippen molar-refractivity contribution >= 4 is 39.0 Å². The normalized spacial score (nSPS) is 28.7. The van der Waals surface area contributed by atoms with E-state index in [2.05, 4.69) is 5.32 Å². The number of anilines is 1. The first-order valence-corrected chi connectivity index (χ1v) is 13.8. The molecule has 204 valence electrons. The molecule has 8 nitrogen and oxygen atoms in total. The molecule has 2 saturated carbocycles. The molecule has 1 N–H and O–H groups in total. The van der Waals surface area contributed by atoms with Gasteiger partial charge in [-0.1, -0.05) is 11.6 Å². The number of benzene rings is 2. The number of carbonyl (C=O) groups excluding carboxylic acids is 2. The summed E-state index contributed by atoms with van der Waals surface area (Å²) >= 11 is 6.32. The molecule has 1 saturated heterocycles. The Hall–Kier alpha value is -2.67. The maximum Gasteiger partial charge on any atom is 0.313 e. The summed E-state index contributed by atoms with van der Waals surface area (Å²) in [6.07, 6.45) is 1.60. The Bertz CT molecular complexity index is 1420. The smallest absolute Gasteiger partial charge is 0.313 e. The number of carbonyl (C=O) groups is 2. The van der Waals surface area contributed by atoms with Crippen LogP contribution in [-0.2, 0) is 24.2 Å². The van der Waals surface area contributed by atoms with Crippen molar-refractivity contribution in [2.75, 3.05) is 26.1 Å². The topological polar surface area (TPSA) is 102 Å². The van der Waals surface area contributed by atoms with E-state index >= 15 is 0 Å². The Morgan fingerprint density at radius 3 is 2.50 bits per heavy atom. The van der Waals surface area contributed by atoms with Gasteiger partial charge < -0.3 is 10.1 Å². The minimum absolute atomic E-state index is 0.0835. The third-order valence-corrected chi connectivity index (χ3v) is 11.0. The van der Waals surface area contributed by atoms with Crippen LogP contribution in [0, 0.1) is 35.2 Å². The molecule has 5 rings (SSSR count). The Morgan fingerprint density at radius 2 is 1.84 bits per heavy atom. The number of halogens is 4. The number of sulfone groups is 1. The van der Waals surface area contributed by atoms with Crippen molar-refractivity contribution in [3.8, 4) is 0 Å². The van der Waals surface area contributed by atoms with Gasteiger partial charge in [-0.05, 0) is 49.3 Å². The van der Waals surface area contributed by atoms with E-state index in [-0.39, 0.29) is 33.7 Å². The monoisotopic (exact) mass is 572 g/mol. The summed E-state index contributed by atoms with van der Waals surface area (Å²) in [4.78, 5) is 30.8. The second-order valence-electron chi connectivity index (χ2n) is 9.87. The highest BCUT2D eigenvalue weighted by molar-refractivity contribution is 7.92. The number of methoxy groups -OCH3 is 1. The minimum Gasteiger partial charge on any atom is -0.469 e. The van der Waals surface area contributed by atoms with Crippen LogP contribution < -0.4 is 5.32 Å². The molecule has 0 radical (unpaired) electrons. The summed E-state index contributed by atoms with van der Waals surface area (Å²) in [6, 6.07) is 4.85. The van der Waals surface area contributed by atoms with E-state index in [1.807, 2.05) is 0 Å². The maximum absolute atomic E-state index is 14.0. The SMILES string of the molecule is COC(=O)C1CON(C)[C@@]12C[C@@H]1CCC2C1S(=O)(=O)c1cc(C(=O)Nc2cc(F)c(F)c(F)c2)ccc1Cl. The first kappa shape index (κ1) is 26.9. The number of hydrogen-bond acceptors (Lipinski definition) is 7. The molecule has 3 aliphatic rings. The van der Waals surface area contributed by atoms with Crippen LogP contribution in [0.15, 0.2) is 35.2 Å². The van der Waals surface area contributed by atoms with E-state index in [0.29, 0.717) is 31.4 Å². The van der Waals surface area contributed by atoms with Gasteiger partial charge in [0.25, 0.3) is 5.91 Å². The number of hydroxylamine groups is 2. The lowest BCUT2D eigenvalue weighted by Gasteiger charge is -2.41. The Labute approximate surface area is 221 Å². The molecule has 38 heavy (non-hydrogen) atoms. The standard InChI is InChI=1S/C25H24ClF3N2O6S/c1-31-25(16(11-37-31)24(33)36-2)10-13-3-5-15(25)22(13)38(34,35)20-7-12(4-6-17(20)26)23(32)30-14-8-18(27)21(29)19(28)9-14/h4,6-9,13,15-16,22H,3,5,10-11H2,1-2H3,(H,30,32)/t13-,15?,16?,22?,25+/m0/s1. The van der Waals surface area contributed by atoms with Crippen LogP contribution >= 0.6 is 11.6 Å². The molecule has 1 heterocycles. The molecule has 2 bridgehead atoms. The lowest BCUT2D eigenvalue weighted by Crippen LogP contribution is -2.54. The van der Waals surface area contributed by atoms with Gasteiger partial charge in [-0.25, -0.2) is 21.6 Å². The molecule has 2 aliphatic carbocycles. The van der Waals surface area contributed by atoms with Gasteiger partial charge in [-0.2, -0.15) is 5.06 Å². The van der Waals surface area contributed by atoms with Crippen LogP contribution in [0.2, 0.25) is 5.02 Å². The van der Waals surface area contributed by atoms with Crippen LogP contribution in [0.5, 0.6) is 0 Å². The van der Waals surface area contributed by atoms with E-state index in [0.717, 1.165) is 6.07 Å². The molecule has 3 fully saturated rings. The number of nitrogens with one attached hydrogen (secondary N) is 1. The maximum atomic E-state index is 14.0. The zero-order chi connectivity index (χ0) is 27.6. The van der Waals surface area contributed by atoms with E-state index in [1.165, 1.54) is 19.2 Å². The molecular weight excluding hydrogens is 549 g/mol. The molecular formula is C25H24ClF3N2O6S. The third kappa shape index (κ3) is 4.00. The van der Waals surface area contributed by atoms with Crippen LogP contribution in [0.4, 0.5) is 18.9 Å². The molecule has 3 unspecified atom stereocenters. The van der Waals surface area contributed by atoms with E-state index in [1.54, 1.807) is 12.1 Å². The summed E-state index contributed by atoms with van der Waals surface area (Å²) in [5, 5.41) is 2.85. The van der Waals surface area contributed by atoms with E-state index in [4.69, 9.17) is 21.2 Å². The highest BCUT2D eigenvalue weighted by atomic mass is 35.5. The van der Waals surface area contributed by atoms with Crippen molar-refractivity contribution < 1.29 is 40.8 Å². The zero-order valence-electron chi connectivity index (χ0n) is 20.3. The van der Waals surface area contributed by atoms with Crippen LogP contribution in [-0.4, -0.2) is 56.9 Å². The van der Waals surface area contributed by atoms with Crippen LogP contribution in [0.3, 0.4) is 0 Å². The van der Waals surface area contributed by atoms with Crippen molar-refractivity contribution in [1.82, 2.24) is 5.06 Å². The van der Waals surface area contributed by atoms with Gasteiger partial charge in [0, 0.05) is 30.4 Å². The molecule has 1 amide bonds. The van der Waals surface area contributed by atoms with Gasteiger partial charge in [-0.15, -0.1) is 0 Å². The van der Waals surface area contributed by atoms with E-state index in [9.17, 15) is 31.2 Å². The second kappa shape index (κ2) is 9.51. The molecule has 13 heteroatoms. The lowest BCUT2D eigenvalue weighted by molar-refractivity contribution is -0.163. The number of rotatable bonds is 5. The predicted molar refractivity (Wildman–Crippen MR) is 129 cm³/mol. The summed E-state index contributed by atoms with van der Waals surface area (Å²) in [5.74, 6) is -7.39. The molecule has 1 spiro atoms. The fraction of sp³-hybridized carbons (Fsp3) is 0.440. The summed E-state index contributed by atoms with van der Waals surface area (Å²) in [6.45, 7) is 0.0835. The zero-order valence-corrected chi connectivity index (χ0v) is 21.9. The number of amides is 1. The third-order valence-electron chi connectivity index (χ3n) is 8.15. The summed E-state index contributed by atoms with van der Waals surface area (Å²) in [7, 11) is -1.15. The Balaban J connectivity index is 1.47. The van der Waals surface area contributed by atoms with E-state index < -0.39 is 61.8 Å². The predicted octanol–water partition coefficient (Wildman–Crippen LogP) is 3.99. The average Bonchev–Trinajstić information content (AvgIpc) is 3.54. The van der Waals surface area contributed by atoms with Crippen molar-refractivity contribution in [3.63, 3.8) is 0 Å². The number of hydrogen-bond donors (Lipinski definition) is 1. The molecule has 0 aromatic heterocycles. The van der Waals surface area contributed by atoms with Crippen LogP contribution in [0.1, 0.15) is 29.6 Å². The largest absolute Gasteiger partial charge is 0.469 e. The average molecular weight is 573 g/mol. The van der Waals surface area contributed by atoms with Crippen molar-refractivity contribution in [2.24, 2.45) is 17.8 Å². The number of esters is 1. The Kier molecular flexibility index (Phi) is 6.74. The number of fused-ring (bicyclic) bond motifs is 3. The van der Waals surface area contributed by atoms with Gasteiger partial charge in [0.2, 0.25) is 0 Å².